The van der Waals surface area contributed by atoms with Gasteiger partial charge in [-0.2, -0.15) is 0 Å². The van der Waals surface area contributed by atoms with E-state index < -0.39 is 49.2 Å². The molecule has 10 heteroatoms. The summed E-state index contributed by atoms with van der Waals surface area (Å²) in [5.41, 5.74) is 4.88. The number of hydrogen-bond donors (Lipinski definition) is 4. The highest BCUT2D eigenvalue weighted by molar-refractivity contribution is 7.58. The van der Waals surface area contributed by atoms with Gasteiger partial charge in [-0.05, 0) is 39.8 Å². The van der Waals surface area contributed by atoms with E-state index in [4.69, 9.17) is 4.74 Å². The van der Waals surface area contributed by atoms with Crippen molar-refractivity contribution in [2.45, 2.75) is 37.7 Å². The third-order valence-corrected chi connectivity index (χ3v) is 10.8. The predicted octanol–water partition coefficient (Wildman–Crippen LogP) is 7.09. The van der Waals surface area contributed by atoms with Crippen molar-refractivity contribution in [3.8, 4) is 11.1 Å². The van der Waals surface area contributed by atoms with Gasteiger partial charge in [0.2, 0.25) is 13.3 Å². The molecule has 0 saturated heterocycles. The first-order valence-corrected chi connectivity index (χ1v) is 18.6. The lowest BCUT2D eigenvalue weighted by molar-refractivity contribution is -0.142. The number of carboxylic acids is 1. The van der Waals surface area contributed by atoms with Crippen LogP contribution in [-0.4, -0.2) is 46.0 Å². The van der Waals surface area contributed by atoms with Crippen LogP contribution >= 0.6 is 7.37 Å². The van der Waals surface area contributed by atoms with Gasteiger partial charge in [-0.15, -0.1) is 0 Å². The Kier molecular flexibility index (Phi) is 12.9. The maximum absolute atomic E-state index is 14.3. The summed E-state index contributed by atoms with van der Waals surface area (Å²) in [6.07, 6.45) is -1.29. The minimum Gasteiger partial charge on any atom is -0.480 e. The van der Waals surface area contributed by atoms with Crippen LogP contribution in [0.1, 0.15) is 22.3 Å². The first kappa shape index (κ1) is 36.8. The van der Waals surface area contributed by atoms with Gasteiger partial charge in [0.05, 0.1) is 5.92 Å². The van der Waals surface area contributed by atoms with Crippen molar-refractivity contribution < 1.29 is 33.7 Å². The van der Waals surface area contributed by atoms with E-state index in [0.29, 0.717) is 11.1 Å². The zero-order chi connectivity index (χ0) is 36.1. The van der Waals surface area contributed by atoms with E-state index in [1.165, 1.54) is 0 Å². The lowest BCUT2D eigenvalue weighted by Crippen LogP contribution is -2.46. The minimum atomic E-state index is -4.35. The minimum absolute atomic E-state index is 0.00542. The Bertz CT molecular complexity index is 1910. The monoisotopic (exact) mass is 704 g/mol. The van der Waals surface area contributed by atoms with Crippen LogP contribution in [0.5, 0.6) is 0 Å². The molecule has 0 aromatic heterocycles. The third-order valence-electron chi connectivity index (χ3n) is 8.55. The first-order valence-electron chi connectivity index (χ1n) is 16.7. The second-order valence-corrected chi connectivity index (χ2v) is 14.9. The van der Waals surface area contributed by atoms with Crippen molar-refractivity contribution in [1.29, 1.82) is 0 Å². The highest BCUT2D eigenvalue weighted by atomic mass is 31.2. The van der Waals surface area contributed by atoms with Gasteiger partial charge in [-0.3, -0.25) is 9.36 Å². The molecule has 0 aliphatic carbocycles. The Morgan fingerprint density at radius 2 is 1.06 bits per heavy atom. The second kappa shape index (κ2) is 17.9. The molecular formula is C41H41N2O7P. The van der Waals surface area contributed by atoms with Gasteiger partial charge in [0.1, 0.15) is 18.4 Å². The number of carbonyl (C=O) groups excluding carboxylic acids is 2. The molecule has 9 nitrogen and oxygen atoms in total. The van der Waals surface area contributed by atoms with E-state index in [1.807, 2.05) is 84.9 Å². The quantitative estimate of drug-likeness (QED) is 0.0804. The molecule has 4 N–H and O–H groups in total. The molecule has 4 atom stereocenters. The number of aliphatic carboxylic acids is 1. The largest absolute Gasteiger partial charge is 0.480 e. The van der Waals surface area contributed by atoms with Crippen LogP contribution in [0, 0.1) is 5.92 Å². The van der Waals surface area contributed by atoms with Crippen LogP contribution in [0.25, 0.3) is 11.1 Å². The molecule has 0 saturated carbocycles. The smallest absolute Gasteiger partial charge is 0.408 e. The van der Waals surface area contributed by atoms with Gasteiger partial charge >= 0.3 is 12.1 Å². The topological polar surface area (TPSA) is 142 Å². The number of nitrogens with one attached hydrogen (secondary N) is 2. The van der Waals surface area contributed by atoms with E-state index in [0.717, 1.165) is 22.3 Å². The lowest BCUT2D eigenvalue weighted by Gasteiger charge is -2.28. The Morgan fingerprint density at radius 1 is 0.588 bits per heavy atom. The molecule has 5 aromatic rings. The Labute approximate surface area is 297 Å². The highest BCUT2D eigenvalue weighted by Gasteiger charge is 2.38. The summed E-state index contributed by atoms with van der Waals surface area (Å²) in [5, 5.41) is 15.4. The summed E-state index contributed by atoms with van der Waals surface area (Å²) >= 11 is 0. The zero-order valence-corrected chi connectivity index (χ0v) is 28.9. The third kappa shape index (κ3) is 11.3. The maximum Gasteiger partial charge on any atom is 0.408 e. The SMILES string of the molecule is O=C(N[C@@H](Cc1ccccc1)P(=O)(O)CC(Cc1ccccc1)C(=O)N[C@@H](Cc1ccc(-c2ccccc2)cc1)C(=O)O)OCc1ccccc1. The number of alkyl carbamates (subject to hydrolysis) is 1. The summed E-state index contributed by atoms with van der Waals surface area (Å²) < 4.78 is 19.7. The number of ether oxygens (including phenoxy) is 1. The molecule has 5 rings (SSSR count). The number of hydrogen-bond acceptors (Lipinski definition) is 5. The van der Waals surface area contributed by atoms with Crippen LogP contribution in [-0.2, 0) is 44.8 Å². The van der Waals surface area contributed by atoms with Crippen LogP contribution in [0.3, 0.4) is 0 Å². The van der Waals surface area contributed by atoms with Crippen LogP contribution in [0.2, 0.25) is 0 Å². The fourth-order valence-corrected chi connectivity index (χ4v) is 7.79. The number of rotatable bonds is 16. The summed E-state index contributed by atoms with van der Waals surface area (Å²) in [6, 6.07) is 42.9. The predicted molar refractivity (Wildman–Crippen MR) is 197 cm³/mol. The normalized spacial score (nSPS) is 13.9. The van der Waals surface area contributed by atoms with Gasteiger partial charge in [0, 0.05) is 19.0 Å². The molecule has 0 aliphatic rings. The molecule has 2 amide bonds. The molecule has 0 spiro atoms. The van der Waals surface area contributed by atoms with E-state index in [9.17, 15) is 28.9 Å². The fourth-order valence-electron chi connectivity index (χ4n) is 5.80. The Morgan fingerprint density at radius 3 is 1.61 bits per heavy atom. The molecule has 2 unspecified atom stereocenters. The molecular weight excluding hydrogens is 663 g/mol. The summed E-state index contributed by atoms with van der Waals surface area (Å²) in [5.74, 6) is -4.28. The average molecular weight is 705 g/mol. The number of carboxylic acid groups (broad SMARTS) is 1. The number of benzene rings is 5. The molecule has 0 heterocycles. The summed E-state index contributed by atoms with van der Waals surface area (Å²) in [7, 11) is -4.35. The molecule has 0 radical (unpaired) electrons. The number of carbonyl (C=O) groups is 3. The van der Waals surface area contributed by atoms with Gasteiger partial charge in [-0.1, -0.05) is 146 Å². The van der Waals surface area contributed by atoms with Crippen molar-refractivity contribution >= 4 is 25.3 Å². The van der Waals surface area contributed by atoms with E-state index in [-0.39, 0.29) is 25.9 Å². The van der Waals surface area contributed by atoms with Gasteiger partial charge in [-0.25, -0.2) is 9.59 Å². The van der Waals surface area contributed by atoms with Gasteiger partial charge in [0.25, 0.3) is 0 Å². The molecule has 262 valence electrons. The standard InChI is InChI=1S/C41H41N2O7P/c44-39(42-37(40(45)46)26-32-21-23-35(24-22-32)34-19-11-4-12-20-34)36(25-30-13-5-1-6-14-30)29-51(48,49)38(27-31-15-7-2-8-16-31)43-41(47)50-28-33-17-9-3-10-18-33/h1-24,36-38H,25-29H2,(H,42,44)(H,43,47)(H,45,46)(H,48,49)/t36?,37-,38+/m0/s1. The second-order valence-electron chi connectivity index (χ2n) is 12.4. The highest BCUT2D eigenvalue weighted by Crippen LogP contribution is 2.48. The zero-order valence-electron chi connectivity index (χ0n) is 28.0. The maximum atomic E-state index is 14.3. The van der Waals surface area contributed by atoms with Crippen molar-refractivity contribution in [2.75, 3.05) is 6.16 Å². The molecule has 0 bridgehead atoms. The van der Waals surface area contributed by atoms with Crippen LogP contribution < -0.4 is 10.6 Å². The number of amides is 2. The average Bonchev–Trinajstić information content (AvgIpc) is 3.15. The van der Waals surface area contributed by atoms with Crippen molar-refractivity contribution in [2.24, 2.45) is 5.92 Å². The molecule has 0 aliphatic heterocycles. The Balaban J connectivity index is 1.34. The molecule has 0 fully saturated rings. The summed E-state index contributed by atoms with van der Waals surface area (Å²) in [6.45, 7) is -0.0366. The Hall–Kier alpha value is -5.50. The molecule has 51 heavy (non-hydrogen) atoms. The van der Waals surface area contributed by atoms with Gasteiger partial charge < -0.3 is 25.4 Å². The van der Waals surface area contributed by atoms with E-state index in [2.05, 4.69) is 10.6 Å². The van der Waals surface area contributed by atoms with E-state index >= 15 is 0 Å². The van der Waals surface area contributed by atoms with Crippen molar-refractivity contribution in [1.82, 2.24) is 10.6 Å². The fraction of sp³-hybridized carbons (Fsp3) is 0.195. The van der Waals surface area contributed by atoms with Gasteiger partial charge in [0.15, 0.2) is 0 Å². The summed E-state index contributed by atoms with van der Waals surface area (Å²) in [4.78, 5) is 50.9. The van der Waals surface area contributed by atoms with Crippen molar-refractivity contribution in [3.05, 3.63) is 168 Å². The first-order chi connectivity index (χ1) is 24.7. The van der Waals surface area contributed by atoms with E-state index in [1.54, 1.807) is 60.7 Å². The molecule has 5 aromatic carbocycles. The van der Waals surface area contributed by atoms with Crippen molar-refractivity contribution in [3.63, 3.8) is 0 Å². The van der Waals surface area contributed by atoms with Crippen LogP contribution in [0.15, 0.2) is 146 Å². The van der Waals surface area contributed by atoms with Crippen LogP contribution in [0.4, 0.5) is 4.79 Å². The lowest BCUT2D eigenvalue weighted by atomic mass is 9.98.